The summed E-state index contributed by atoms with van der Waals surface area (Å²) in [5, 5.41) is 3.34. The van der Waals surface area contributed by atoms with E-state index in [0.29, 0.717) is 5.92 Å². The minimum absolute atomic E-state index is 0. The van der Waals surface area contributed by atoms with E-state index in [1.165, 1.54) is 12.8 Å². The van der Waals surface area contributed by atoms with E-state index in [4.69, 9.17) is 4.74 Å². The lowest BCUT2D eigenvalue weighted by Crippen LogP contribution is -2.30. The molecule has 0 bridgehead atoms. The zero-order valence-corrected chi connectivity index (χ0v) is 9.50. The Morgan fingerprint density at radius 2 is 2.13 bits per heavy atom. The molecule has 1 aliphatic rings. The van der Waals surface area contributed by atoms with E-state index in [9.17, 15) is 0 Å². The number of ether oxygens (including phenoxy) is 1. The largest absolute Gasteiger partial charge is 0.477 e. The van der Waals surface area contributed by atoms with Crippen LogP contribution in [0.25, 0.3) is 0 Å². The van der Waals surface area contributed by atoms with Crippen LogP contribution in [-0.2, 0) is 0 Å². The summed E-state index contributed by atoms with van der Waals surface area (Å²) in [5.41, 5.74) is 0. The summed E-state index contributed by atoms with van der Waals surface area (Å²) in [6, 6.07) is 5.75. The van der Waals surface area contributed by atoms with Gasteiger partial charge in [0, 0.05) is 12.3 Å². The van der Waals surface area contributed by atoms with Crippen LogP contribution in [0.1, 0.15) is 12.8 Å². The van der Waals surface area contributed by atoms with Gasteiger partial charge in [0.05, 0.1) is 6.61 Å². The SMILES string of the molecule is Cl.c1ccc(OCC2CCNCC2)nc1. The van der Waals surface area contributed by atoms with E-state index in [0.717, 1.165) is 25.6 Å². The quantitative estimate of drug-likeness (QED) is 0.858. The first-order valence-corrected chi connectivity index (χ1v) is 5.20. The molecule has 0 amide bonds. The van der Waals surface area contributed by atoms with Crippen molar-refractivity contribution in [2.45, 2.75) is 12.8 Å². The standard InChI is InChI=1S/C11H16N2O.ClH/c1-2-6-13-11(3-1)14-9-10-4-7-12-8-5-10;/h1-3,6,10,12H,4-5,7-9H2;1H. The number of nitrogens with zero attached hydrogens (tertiary/aromatic N) is 1. The number of halogens is 1. The molecule has 1 aliphatic heterocycles. The summed E-state index contributed by atoms with van der Waals surface area (Å²) in [6.07, 6.45) is 4.19. The molecule has 3 nitrogen and oxygen atoms in total. The minimum atomic E-state index is 0. The van der Waals surface area contributed by atoms with Crippen LogP contribution in [0.4, 0.5) is 0 Å². The summed E-state index contributed by atoms with van der Waals surface area (Å²) in [5.74, 6) is 1.43. The zero-order valence-electron chi connectivity index (χ0n) is 8.69. The summed E-state index contributed by atoms with van der Waals surface area (Å²) in [4.78, 5) is 4.13. The van der Waals surface area contributed by atoms with Gasteiger partial charge in [0.25, 0.3) is 0 Å². The van der Waals surface area contributed by atoms with E-state index in [1.807, 2.05) is 18.2 Å². The molecule has 1 aromatic heterocycles. The highest BCUT2D eigenvalue weighted by Gasteiger charge is 2.13. The summed E-state index contributed by atoms with van der Waals surface area (Å²) < 4.78 is 5.61. The molecule has 0 aliphatic carbocycles. The first-order chi connectivity index (χ1) is 6.95. The third kappa shape index (κ3) is 4.06. The number of rotatable bonds is 3. The second kappa shape index (κ2) is 6.64. The van der Waals surface area contributed by atoms with Crippen molar-refractivity contribution in [2.24, 2.45) is 5.92 Å². The molecule has 15 heavy (non-hydrogen) atoms. The smallest absolute Gasteiger partial charge is 0.213 e. The van der Waals surface area contributed by atoms with Crippen molar-refractivity contribution in [3.05, 3.63) is 24.4 Å². The van der Waals surface area contributed by atoms with Gasteiger partial charge in [-0.25, -0.2) is 4.98 Å². The van der Waals surface area contributed by atoms with Gasteiger partial charge in [-0.15, -0.1) is 12.4 Å². The number of aromatic nitrogens is 1. The van der Waals surface area contributed by atoms with Gasteiger partial charge in [-0.2, -0.15) is 0 Å². The molecule has 1 N–H and O–H groups in total. The molecule has 0 unspecified atom stereocenters. The molecule has 4 heteroatoms. The van der Waals surface area contributed by atoms with Crippen LogP contribution in [0, 0.1) is 5.92 Å². The van der Waals surface area contributed by atoms with Crippen molar-refractivity contribution in [2.75, 3.05) is 19.7 Å². The number of hydrogen-bond donors (Lipinski definition) is 1. The monoisotopic (exact) mass is 228 g/mol. The lowest BCUT2D eigenvalue weighted by molar-refractivity contribution is 0.209. The van der Waals surface area contributed by atoms with Crippen molar-refractivity contribution in [1.82, 2.24) is 10.3 Å². The van der Waals surface area contributed by atoms with Gasteiger partial charge < -0.3 is 10.1 Å². The van der Waals surface area contributed by atoms with E-state index in [2.05, 4.69) is 10.3 Å². The molecule has 1 saturated heterocycles. The lowest BCUT2D eigenvalue weighted by Gasteiger charge is -2.22. The third-order valence-corrected chi connectivity index (χ3v) is 2.56. The maximum Gasteiger partial charge on any atom is 0.213 e. The first kappa shape index (κ1) is 12.3. The van der Waals surface area contributed by atoms with Crippen molar-refractivity contribution < 1.29 is 4.74 Å². The fourth-order valence-electron chi connectivity index (χ4n) is 1.68. The average Bonchev–Trinajstić information content (AvgIpc) is 2.29. The van der Waals surface area contributed by atoms with Crippen LogP contribution >= 0.6 is 12.4 Å². The Labute approximate surface area is 96.7 Å². The fourth-order valence-corrected chi connectivity index (χ4v) is 1.68. The molecule has 2 rings (SSSR count). The lowest BCUT2D eigenvalue weighted by atomic mass is 9.99. The van der Waals surface area contributed by atoms with E-state index in [1.54, 1.807) is 6.20 Å². The predicted octanol–water partition coefficient (Wildman–Crippen LogP) is 1.88. The van der Waals surface area contributed by atoms with Crippen LogP contribution in [-0.4, -0.2) is 24.7 Å². The van der Waals surface area contributed by atoms with Gasteiger partial charge in [-0.3, -0.25) is 0 Å². The van der Waals surface area contributed by atoms with Gasteiger partial charge in [0.1, 0.15) is 0 Å². The second-order valence-corrected chi connectivity index (χ2v) is 3.67. The summed E-state index contributed by atoms with van der Waals surface area (Å²) in [6.45, 7) is 3.05. The maximum absolute atomic E-state index is 5.61. The van der Waals surface area contributed by atoms with Crippen LogP contribution < -0.4 is 10.1 Å². The Morgan fingerprint density at radius 3 is 2.80 bits per heavy atom. The first-order valence-electron chi connectivity index (χ1n) is 5.20. The van der Waals surface area contributed by atoms with Gasteiger partial charge in [0.15, 0.2) is 0 Å². The highest BCUT2D eigenvalue weighted by molar-refractivity contribution is 5.85. The Bertz CT molecular complexity index is 263. The number of nitrogens with one attached hydrogen (secondary N) is 1. The molecule has 1 fully saturated rings. The zero-order chi connectivity index (χ0) is 9.64. The van der Waals surface area contributed by atoms with Crippen LogP contribution in [0.5, 0.6) is 5.88 Å². The topological polar surface area (TPSA) is 34.1 Å². The molecular weight excluding hydrogens is 212 g/mol. The van der Waals surface area contributed by atoms with Crippen LogP contribution in [0.3, 0.4) is 0 Å². The average molecular weight is 229 g/mol. The molecule has 2 heterocycles. The predicted molar refractivity (Wildman–Crippen MR) is 62.6 cm³/mol. The van der Waals surface area contributed by atoms with Crippen molar-refractivity contribution in [3.8, 4) is 5.88 Å². The van der Waals surface area contributed by atoms with Crippen LogP contribution in [0.15, 0.2) is 24.4 Å². The summed E-state index contributed by atoms with van der Waals surface area (Å²) >= 11 is 0. The molecule has 0 saturated carbocycles. The Hall–Kier alpha value is -0.800. The van der Waals surface area contributed by atoms with Gasteiger partial charge in [-0.05, 0) is 37.9 Å². The molecule has 0 atom stereocenters. The van der Waals surface area contributed by atoms with Crippen molar-refractivity contribution in [3.63, 3.8) is 0 Å². The molecule has 0 radical (unpaired) electrons. The van der Waals surface area contributed by atoms with Crippen molar-refractivity contribution >= 4 is 12.4 Å². The number of hydrogen-bond acceptors (Lipinski definition) is 3. The highest BCUT2D eigenvalue weighted by atomic mass is 35.5. The molecular formula is C11H17ClN2O. The van der Waals surface area contributed by atoms with Gasteiger partial charge in [0.2, 0.25) is 5.88 Å². The van der Waals surface area contributed by atoms with Gasteiger partial charge in [-0.1, -0.05) is 6.07 Å². The third-order valence-electron chi connectivity index (χ3n) is 2.56. The normalized spacial score (nSPS) is 16.8. The second-order valence-electron chi connectivity index (χ2n) is 3.67. The minimum Gasteiger partial charge on any atom is -0.477 e. The number of pyridine rings is 1. The Morgan fingerprint density at radius 1 is 1.33 bits per heavy atom. The molecule has 0 aromatic carbocycles. The van der Waals surface area contributed by atoms with Crippen molar-refractivity contribution in [1.29, 1.82) is 0 Å². The fraction of sp³-hybridized carbons (Fsp3) is 0.545. The molecule has 1 aromatic rings. The summed E-state index contributed by atoms with van der Waals surface area (Å²) in [7, 11) is 0. The number of piperidine rings is 1. The maximum atomic E-state index is 5.61. The van der Waals surface area contributed by atoms with E-state index < -0.39 is 0 Å². The van der Waals surface area contributed by atoms with Gasteiger partial charge >= 0.3 is 0 Å². The molecule has 0 spiro atoms. The Kier molecular flexibility index (Phi) is 5.43. The Balaban J connectivity index is 0.00000112. The van der Waals surface area contributed by atoms with Crippen LogP contribution in [0.2, 0.25) is 0 Å². The molecule has 84 valence electrons. The highest BCUT2D eigenvalue weighted by Crippen LogP contribution is 2.13. The van der Waals surface area contributed by atoms with E-state index >= 15 is 0 Å². The van der Waals surface area contributed by atoms with E-state index in [-0.39, 0.29) is 12.4 Å².